The summed E-state index contributed by atoms with van der Waals surface area (Å²) >= 11 is 6.05. The third-order valence-electron chi connectivity index (χ3n) is 6.30. The topological polar surface area (TPSA) is 69.4 Å². The zero-order valence-electron chi connectivity index (χ0n) is 18.2. The Morgan fingerprint density at radius 3 is 2.58 bits per heavy atom. The fraction of sp³-hybridized carbons (Fsp3) is 0.231. The Morgan fingerprint density at radius 1 is 1.06 bits per heavy atom. The number of hydrogen-bond donors (Lipinski definition) is 0. The zero-order chi connectivity index (χ0) is 22.7. The molecular weight excluding hydrogens is 436 g/mol. The first-order chi connectivity index (χ1) is 15.9. The molecule has 0 spiro atoms. The van der Waals surface area contributed by atoms with Gasteiger partial charge in [0, 0.05) is 34.9 Å². The van der Waals surface area contributed by atoms with Crippen LogP contribution in [-0.2, 0) is 4.79 Å². The van der Waals surface area contributed by atoms with Crippen molar-refractivity contribution in [1.29, 1.82) is 0 Å². The SMILES string of the molecule is CC1(C)CC(=O)C2=C(C1)Oc1ncn3nc(-c4ccc(Cl)cc4)nc3c1[C@@H]2c1ccccc1. The molecule has 0 unspecified atom stereocenters. The van der Waals surface area contributed by atoms with Crippen molar-refractivity contribution in [3.8, 4) is 17.3 Å². The highest BCUT2D eigenvalue weighted by atomic mass is 35.5. The molecule has 7 heteroatoms. The van der Waals surface area contributed by atoms with Crippen LogP contribution in [0.3, 0.4) is 0 Å². The lowest BCUT2D eigenvalue weighted by Gasteiger charge is -2.37. The zero-order valence-corrected chi connectivity index (χ0v) is 19.0. The fourth-order valence-electron chi connectivity index (χ4n) is 4.85. The van der Waals surface area contributed by atoms with Crippen molar-refractivity contribution in [3.63, 3.8) is 0 Å². The first-order valence-electron chi connectivity index (χ1n) is 10.9. The summed E-state index contributed by atoms with van der Waals surface area (Å²) in [6, 6.07) is 17.4. The van der Waals surface area contributed by atoms with Gasteiger partial charge in [0.05, 0.1) is 5.56 Å². The summed E-state index contributed by atoms with van der Waals surface area (Å²) in [7, 11) is 0. The van der Waals surface area contributed by atoms with E-state index in [0.717, 1.165) is 16.7 Å². The van der Waals surface area contributed by atoms with Crippen LogP contribution in [-0.4, -0.2) is 25.4 Å². The second-order valence-corrected chi connectivity index (χ2v) is 9.83. The summed E-state index contributed by atoms with van der Waals surface area (Å²) in [6.07, 6.45) is 2.78. The molecule has 6 nitrogen and oxygen atoms in total. The number of ether oxygens (including phenoxy) is 1. The molecule has 2 aromatic carbocycles. The van der Waals surface area contributed by atoms with Gasteiger partial charge < -0.3 is 4.74 Å². The molecule has 3 heterocycles. The van der Waals surface area contributed by atoms with Crippen LogP contribution in [0.5, 0.6) is 5.88 Å². The molecule has 2 aromatic heterocycles. The Morgan fingerprint density at radius 2 is 1.82 bits per heavy atom. The van der Waals surface area contributed by atoms with Crippen LogP contribution in [0.2, 0.25) is 5.02 Å². The molecule has 0 fully saturated rings. The maximum Gasteiger partial charge on any atom is 0.228 e. The van der Waals surface area contributed by atoms with Crippen molar-refractivity contribution < 1.29 is 9.53 Å². The Labute approximate surface area is 195 Å². The van der Waals surface area contributed by atoms with Gasteiger partial charge in [0.15, 0.2) is 17.3 Å². The lowest BCUT2D eigenvalue weighted by Crippen LogP contribution is -2.33. The minimum atomic E-state index is -0.313. The standard InChI is InChI=1S/C26H21ClN4O2/c1-26(2)12-18(32)21-19(13-26)33-25-22(20(21)15-6-4-3-5-7-15)24-29-23(30-31(24)14-28-25)16-8-10-17(27)11-9-16/h3-11,14,20H,12-13H2,1-2H3/t20-/m1/s1. The van der Waals surface area contributed by atoms with E-state index < -0.39 is 0 Å². The van der Waals surface area contributed by atoms with Gasteiger partial charge in [0.25, 0.3) is 0 Å². The molecular formula is C26H21ClN4O2. The van der Waals surface area contributed by atoms with Crippen molar-refractivity contribution in [1.82, 2.24) is 19.6 Å². The second-order valence-electron chi connectivity index (χ2n) is 9.40. The maximum absolute atomic E-state index is 13.4. The maximum atomic E-state index is 13.4. The van der Waals surface area contributed by atoms with E-state index in [9.17, 15) is 4.79 Å². The molecule has 164 valence electrons. The smallest absolute Gasteiger partial charge is 0.228 e. The molecule has 1 atom stereocenters. The number of allylic oxidation sites excluding steroid dienone is 2. The minimum Gasteiger partial charge on any atom is -0.442 e. The van der Waals surface area contributed by atoms with E-state index >= 15 is 0 Å². The first kappa shape index (κ1) is 20.1. The predicted octanol–water partition coefficient (Wildman–Crippen LogP) is 5.61. The van der Waals surface area contributed by atoms with Crippen LogP contribution in [0, 0.1) is 5.41 Å². The van der Waals surface area contributed by atoms with Gasteiger partial charge in [-0.15, -0.1) is 5.10 Å². The Bertz CT molecular complexity index is 1440. The van der Waals surface area contributed by atoms with Crippen LogP contribution in [0.1, 0.15) is 43.7 Å². The van der Waals surface area contributed by atoms with Crippen LogP contribution >= 0.6 is 11.6 Å². The molecule has 0 saturated heterocycles. The number of ketones is 1. The lowest BCUT2D eigenvalue weighted by atomic mass is 9.70. The van der Waals surface area contributed by atoms with Crippen LogP contribution < -0.4 is 4.74 Å². The average molecular weight is 457 g/mol. The highest BCUT2D eigenvalue weighted by Gasteiger charge is 2.43. The van der Waals surface area contributed by atoms with Crippen molar-refractivity contribution >= 4 is 23.0 Å². The third-order valence-corrected chi connectivity index (χ3v) is 6.55. The fourth-order valence-corrected chi connectivity index (χ4v) is 4.97. The summed E-state index contributed by atoms with van der Waals surface area (Å²) in [4.78, 5) is 22.8. The quantitative estimate of drug-likeness (QED) is 0.392. The molecule has 6 rings (SSSR count). The molecule has 0 radical (unpaired) electrons. The molecule has 33 heavy (non-hydrogen) atoms. The van der Waals surface area contributed by atoms with Crippen LogP contribution in [0.25, 0.3) is 17.0 Å². The highest BCUT2D eigenvalue weighted by Crippen LogP contribution is 2.50. The molecule has 2 aliphatic rings. The Kier molecular flexibility index (Phi) is 4.42. The van der Waals surface area contributed by atoms with Crippen molar-refractivity contribution in [2.75, 3.05) is 0 Å². The van der Waals surface area contributed by atoms with Crippen molar-refractivity contribution in [2.45, 2.75) is 32.6 Å². The first-order valence-corrected chi connectivity index (χ1v) is 11.3. The third kappa shape index (κ3) is 3.33. The summed E-state index contributed by atoms with van der Waals surface area (Å²) in [5, 5.41) is 5.29. The van der Waals surface area contributed by atoms with Gasteiger partial charge in [-0.25, -0.2) is 14.5 Å². The molecule has 1 aliphatic heterocycles. The van der Waals surface area contributed by atoms with E-state index in [-0.39, 0.29) is 17.1 Å². The summed E-state index contributed by atoms with van der Waals surface area (Å²) in [6.45, 7) is 4.19. The van der Waals surface area contributed by atoms with Gasteiger partial charge >= 0.3 is 0 Å². The second kappa shape index (κ2) is 7.25. The molecule has 0 saturated carbocycles. The largest absolute Gasteiger partial charge is 0.442 e. The Balaban J connectivity index is 1.59. The van der Waals surface area contributed by atoms with Gasteiger partial charge in [0.2, 0.25) is 5.88 Å². The van der Waals surface area contributed by atoms with E-state index in [1.165, 1.54) is 0 Å². The number of nitrogens with zero attached hydrogens (tertiary/aromatic N) is 4. The van der Waals surface area contributed by atoms with Gasteiger partial charge in [-0.3, -0.25) is 4.79 Å². The summed E-state index contributed by atoms with van der Waals surface area (Å²) in [5.74, 6) is 1.55. The number of carbonyl (C=O) groups is 1. The van der Waals surface area contributed by atoms with E-state index in [1.54, 1.807) is 10.8 Å². The number of halogens is 1. The highest BCUT2D eigenvalue weighted by molar-refractivity contribution is 6.30. The van der Waals surface area contributed by atoms with Crippen LogP contribution in [0.15, 0.2) is 72.3 Å². The van der Waals surface area contributed by atoms with Gasteiger partial charge in [-0.05, 0) is 35.2 Å². The molecule has 0 amide bonds. The van der Waals surface area contributed by atoms with E-state index in [2.05, 4.69) is 23.9 Å². The number of Topliss-reactive ketones (excluding diaryl/α,β-unsaturated/α-hetero) is 1. The van der Waals surface area contributed by atoms with Crippen molar-refractivity contribution in [3.05, 3.63) is 88.4 Å². The van der Waals surface area contributed by atoms with E-state index in [0.29, 0.717) is 46.5 Å². The Hall–Kier alpha value is -3.51. The number of aromatic nitrogens is 4. The predicted molar refractivity (Wildman–Crippen MR) is 125 cm³/mol. The summed E-state index contributed by atoms with van der Waals surface area (Å²) < 4.78 is 7.94. The number of rotatable bonds is 2. The number of fused-ring (bicyclic) bond motifs is 3. The van der Waals surface area contributed by atoms with Crippen LogP contribution in [0.4, 0.5) is 0 Å². The van der Waals surface area contributed by atoms with E-state index in [1.807, 2.05) is 54.6 Å². The number of hydrogen-bond acceptors (Lipinski definition) is 5. The molecule has 0 bridgehead atoms. The lowest BCUT2D eigenvalue weighted by molar-refractivity contribution is -0.118. The summed E-state index contributed by atoms with van der Waals surface area (Å²) in [5.41, 5.74) is 3.80. The monoisotopic (exact) mass is 456 g/mol. The van der Waals surface area contributed by atoms with Gasteiger partial charge in [-0.2, -0.15) is 0 Å². The number of benzene rings is 2. The number of carbonyl (C=O) groups excluding carboxylic acids is 1. The minimum absolute atomic E-state index is 0.111. The van der Waals surface area contributed by atoms with Gasteiger partial charge in [0.1, 0.15) is 12.1 Å². The molecule has 0 N–H and O–H groups in total. The van der Waals surface area contributed by atoms with Gasteiger partial charge in [-0.1, -0.05) is 55.8 Å². The molecule has 1 aliphatic carbocycles. The van der Waals surface area contributed by atoms with Crippen molar-refractivity contribution in [2.24, 2.45) is 5.41 Å². The van der Waals surface area contributed by atoms with E-state index in [4.69, 9.17) is 21.3 Å². The molecule has 4 aromatic rings. The average Bonchev–Trinajstić information content (AvgIpc) is 3.22. The normalized spacial score (nSPS) is 19.2.